The molecule has 0 radical (unpaired) electrons. The normalized spacial score (nSPS) is 11.9. The molecule has 0 atom stereocenters. The third-order valence-electron chi connectivity index (χ3n) is 3.05. The third-order valence-corrected chi connectivity index (χ3v) is 4.54. The van der Waals surface area contributed by atoms with Crippen LogP contribution >= 0.6 is 23.1 Å². The topological polar surface area (TPSA) is 64.5 Å². The van der Waals surface area contributed by atoms with Crippen LogP contribution in [0.5, 0.6) is 0 Å². The first kappa shape index (κ1) is 10.2. The van der Waals surface area contributed by atoms with Gasteiger partial charge < -0.3 is 0 Å². The molecular formula is C11H7N5S2. The van der Waals surface area contributed by atoms with Crippen molar-refractivity contribution in [3.05, 3.63) is 17.3 Å². The van der Waals surface area contributed by atoms with Crippen LogP contribution in [0, 0.1) is 13.8 Å². The van der Waals surface area contributed by atoms with Gasteiger partial charge in [-0.3, -0.25) is 0 Å². The molecule has 5 nitrogen and oxygen atoms in total. The number of hydrogen-bond donors (Lipinski definition) is 0. The van der Waals surface area contributed by atoms with E-state index in [2.05, 4.69) is 30.2 Å². The van der Waals surface area contributed by atoms with Gasteiger partial charge in [-0.05, 0) is 48.5 Å². The van der Waals surface area contributed by atoms with Gasteiger partial charge in [0.2, 0.25) is 0 Å². The summed E-state index contributed by atoms with van der Waals surface area (Å²) in [5.74, 6) is 0. The third kappa shape index (κ3) is 1.17. The smallest absolute Gasteiger partial charge is 0.127 e. The molecule has 4 aromatic rings. The zero-order chi connectivity index (χ0) is 12.3. The van der Waals surface area contributed by atoms with Crippen LogP contribution in [0.15, 0.2) is 6.07 Å². The monoisotopic (exact) mass is 273 g/mol. The summed E-state index contributed by atoms with van der Waals surface area (Å²) in [4.78, 5) is 4.65. The van der Waals surface area contributed by atoms with Crippen LogP contribution in [0.1, 0.15) is 11.3 Å². The van der Waals surface area contributed by atoms with Crippen molar-refractivity contribution in [1.29, 1.82) is 0 Å². The van der Waals surface area contributed by atoms with Crippen molar-refractivity contribution in [1.82, 2.24) is 24.2 Å². The molecule has 0 aliphatic carbocycles. The van der Waals surface area contributed by atoms with Crippen molar-refractivity contribution in [3.8, 4) is 0 Å². The molecule has 0 aliphatic heterocycles. The van der Waals surface area contributed by atoms with E-state index in [1.165, 1.54) is 23.1 Å². The molecule has 1 aromatic carbocycles. The number of fused-ring (bicyclic) bond motifs is 5. The molecule has 3 aromatic heterocycles. The minimum absolute atomic E-state index is 0.892. The predicted molar refractivity (Wildman–Crippen MR) is 73.2 cm³/mol. The highest BCUT2D eigenvalue weighted by Gasteiger charge is 2.15. The Balaban J connectivity index is 2.40. The SMILES string of the molecule is Cc1nc2c(cc(C)c3nnsc32)c2snnc12. The predicted octanol–water partition coefficient (Wildman–Crippen LogP) is 2.86. The van der Waals surface area contributed by atoms with E-state index in [9.17, 15) is 0 Å². The Hall–Kier alpha value is -1.73. The number of pyridine rings is 1. The van der Waals surface area contributed by atoms with Crippen LogP contribution in [0.2, 0.25) is 0 Å². The van der Waals surface area contributed by atoms with Gasteiger partial charge in [0.1, 0.15) is 15.7 Å². The number of rotatable bonds is 0. The number of aromatic nitrogens is 5. The molecule has 0 fully saturated rings. The lowest BCUT2D eigenvalue weighted by molar-refractivity contribution is 1.16. The fraction of sp³-hybridized carbons (Fsp3) is 0.182. The van der Waals surface area contributed by atoms with Crippen molar-refractivity contribution < 1.29 is 0 Å². The molecule has 0 spiro atoms. The van der Waals surface area contributed by atoms with E-state index in [1.807, 2.05) is 13.8 Å². The summed E-state index contributed by atoms with van der Waals surface area (Å²) in [5, 5.41) is 9.41. The minimum atomic E-state index is 0.892. The summed E-state index contributed by atoms with van der Waals surface area (Å²) in [6.07, 6.45) is 0. The number of nitrogens with zero attached hydrogens (tertiary/aromatic N) is 5. The number of aryl methyl sites for hydroxylation is 2. The molecule has 0 saturated heterocycles. The summed E-state index contributed by atoms with van der Waals surface area (Å²) < 4.78 is 10.2. The summed E-state index contributed by atoms with van der Waals surface area (Å²) in [6.45, 7) is 4.01. The van der Waals surface area contributed by atoms with E-state index in [4.69, 9.17) is 0 Å². The summed E-state index contributed by atoms with van der Waals surface area (Å²) in [7, 11) is 0. The maximum atomic E-state index is 4.65. The van der Waals surface area contributed by atoms with Crippen LogP contribution < -0.4 is 0 Å². The van der Waals surface area contributed by atoms with Gasteiger partial charge in [0.15, 0.2) is 0 Å². The fourth-order valence-electron chi connectivity index (χ4n) is 2.19. The first-order chi connectivity index (χ1) is 8.75. The first-order valence-corrected chi connectivity index (χ1v) is 6.94. The summed E-state index contributed by atoms with van der Waals surface area (Å²) in [6, 6.07) is 2.10. The molecule has 18 heavy (non-hydrogen) atoms. The average molecular weight is 273 g/mol. The fourth-order valence-corrected chi connectivity index (χ4v) is 3.66. The lowest BCUT2D eigenvalue weighted by atomic mass is 10.1. The van der Waals surface area contributed by atoms with Crippen LogP contribution in [0.4, 0.5) is 0 Å². The maximum absolute atomic E-state index is 4.65. The van der Waals surface area contributed by atoms with Gasteiger partial charge >= 0.3 is 0 Å². The average Bonchev–Trinajstić information content (AvgIpc) is 2.98. The van der Waals surface area contributed by atoms with Gasteiger partial charge in [-0.2, -0.15) is 0 Å². The molecule has 0 N–H and O–H groups in total. The Morgan fingerprint density at radius 2 is 1.61 bits per heavy atom. The Kier molecular flexibility index (Phi) is 1.93. The Labute approximate surface area is 110 Å². The van der Waals surface area contributed by atoms with Crippen LogP contribution in [0.3, 0.4) is 0 Å². The van der Waals surface area contributed by atoms with Gasteiger partial charge in [-0.1, -0.05) is 8.98 Å². The first-order valence-electron chi connectivity index (χ1n) is 5.40. The second kappa shape index (κ2) is 3.39. The Morgan fingerprint density at radius 1 is 0.889 bits per heavy atom. The lowest BCUT2D eigenvalue weighted by Gasteiger charge is -2.03. The highest BCUT2D eigenvalue weighted by molar-refractivity contribution is 7.15. The van der Waals surface area contributed by atoms with E-state index in [1.54, 1.807) is 0 Å². The van der Waals surface area contributed by atoms with Crippen LogP contribution in [0.25, 0.3) is 31.3 Å². The molecule has 4 rings (SSSR count). The van der Waals surface area contributed by atoms with Crippen LogP contribution in [-0.2, 0) is 0 Å². The molecule has 88 valence electrons. The maximum Gasteiger partial charge on any atom is 0.127 e. The van der Waals surface area contributed by atoms with Crippen molar-refractivity contribution in [2.45, 2.75) is 13.8 Å². The number of hydrogen-bond acceptors (Lipinski definition) is 7. The van der Waals surface area contributed by atoms with Gasteiger partial charge in [0, 0.05) is 5.39 Å². The lowest BCUT2D eigenvalue weighted by Crippen LogP contribution is -1.88. The van der Waals surface area contributed by atoms with E-state index < -0.39 is 0 Å². The highest BCUT2D eigenvalue weighted by Crippen LogP contribution is 2.34. The van der Waals surface area contributed by atoms with E-state index >= 15 is 0 Å². The van der Waals surface area contributed by atoms with Gasteiger partial charge in [-0.15, -0.1) is 10.2 Å². The second-order valence-corrected chi connectivity index (χ2v) is 5.70. The molecule has 7 heteroatoms. The Morgan fingerprint density at radius 3 is 2.44 bits per heavy atom. The van der Waals surface area contributed by atoms with Gasteiger partial charge in [-0.25, -0.2) is 4.98 Å². The largest absolute Gasteiger partial charge is 0.249 e. The van der Waals surface area contributed by atoms with Gasteiger partial charge in [0.25, 0.3) is 0 Å². The van der Waals surface area contributed by atoms with E-state index in [-0.39, 0.29) is 0 Å². The minimum Gasteiger partial charge on any atom is -0.249 e. The molecule has 0 aliphatic rings. The zero-order valence-corrected chi connectivity index (χ0v) is 11.3. The molecule has 0 bridgehead atoms. The van der Waals surface area contributed by atoms with Crippen LogP contribution in [-0.4, -0.2) is 24.2 Å². The zero-order valence-electron chi connectivity index (χ0n) is 9.63. The Bertz CT molecular complexity index is 832. The number of benzene rings is 1. The van der Waals surface area contributed by atoms with E-state index in [0.29, 0.717) is 0 Å². The molecule has 0 amide bonds. The summed E-state index contributed by atoms with van der Waals surface area (Å²) >= 11 is 2.80. The van der Waals surface area contributed by atoms with Crippen molar-refractivity contribution in [2.75, 3.05) is 0 Å². The second-order valence-electron chi connectivity index (χ2n) is 4.19. The molecular weight excluding hydrogens is 266 g/mol. The van der Waals surface area contributed by atoms with Crippen molar-refractivity contribution in [3.63, 3.8) is 0 Å². The van der Waals surface area contributed by atoms with E-state index in [0.717, 1.165) is 42.6 Å². The molecule has 3 heterocycles. The van der Waals surface area contributed by atoms with Gasteiger partial charge in [0.05, 0.1) is 15.9 Å². The molecule has 0 unspecified atom stereocenters. The quantitative estimate of drug-likeness (QED) is 0.493. The highest BCUT2D eigenvalue weighted by atomic mass is 32.1. The standard InChI is InChI=1S/C11H7N5S2/c1-4-3-6-9(11-7(4)13-15-18-11)12-5(2)8-10(6)17-16-14-8/h3H,1-2H3. The molecule has 0 saturated carbocycles. The van der Waals surface area contributed by atoms with Crippen molar-refractivity contribution in [2.24, 2.45) is 0 Å². The van der Waals surface area contributed by atoms with Crippen molar-refractivity contribution >= 4 is 54.4 Å². The summed E-state index contributed by atoms with van der Waals surface area (Å²) in [5.41, 5.74) is 4.82.